The molecule has 2 aromatic heterocycles. The highest BCUT2D eigenvalue weighted by Crippen LogP contribution is 2.36. The Bertz CT molecular complexity index is 798. The maximum Gasteiger partial charge on any atom is 0.234 e. The molecule has 4 rings (SSSR count). The number of benzene rings is 1. The van der Waals surface area contributed by atoms with Gasteiger partial charge in [-0.25, -0.2) is 0 Å². The van der Waals surface area contributed by atoms with Gasteiger partial charge in [0.1, 0.15) is 5.01 Å². The molecule has 0 aliphatic heterocycles. The Morgan fingerprint density at radius 2 is 2.05 bits per heavy atom. The van der Waals surface area contributed by atoms with Crippen LogP contribution in [0.2, 0.25) is 0 Å². The van der Waals surface area contributed by atoms with Crippen LogP contribution in [0.25, 0.3) is 15.5 Å². The third kappa shape index (κ3) is 2.01. The van der Waals surface area contributed by atoms with Gasteiger partial charge in [-0.1, -0.05) is 36.3 Å². The molecular formula is C15H17N5S. The molecule has 1 fully saturated rings. The van der Waals surface area contributed by atoms with E-state index in [9.17, 15) is 0 Å². The van der Waals surface area contributed by atoms with Gasteiger partial charge in [0.2, 0.25) is 4.96 Å². The maximum atomic E-state index is 6.19. The summed E-state index contributed by atoms with van der Waals surface area (Å²) >= 11 is 1.55. The summed E-state index contributed by atoms with van der Waals surface area (Å²) in [5, 5.41) is 14.3. The Morgan fingerprint density at radius 1 is 1.24 bits per heavy atom. The van der Waals surface area contributed by atoms with Crippen LogP contribution in [0.3, 0.4) is 0 Å². The summed E-state index contributed by atoms with van der Waals surface area (Å²) in [5.41, 5.74) is 9.05. The predicted octanol–water partition coefficient (Wildman–Crippen LogP) is 3.40. The first-order valence-electron chi connectivity index (χ1n) is 7.31. The number of nitrogen functional groups attached to an aromatic ring is 1. The molecule has 2 N–H and O–H groups in total. The SMILES string of the molecule is Cc1cccc(-c2nn3c(C4CCCC4)nnc3s2)c1N. The number of aromatic nitrogens is 4. The topological polar surface area (TPSA) is 69.1 Å². The minimum absolute atomic E-state index is 0.504. The Hall–Kier alpha value is -1.95. The average molecular weight is 299 g/mol. The van der Waals surface area contributed by atoms with E-state index >= 15 is 0 Å². The number of aryl methyl sites for hydroxylation is 1. The van der Waals surface area contributed by atoms with E-state index in [4.69, 9.17) is 10.8 Å². The zero-order chi connectivity index (χ0) is 14.4. The van der Waals surface area contributed by atoms with Crippen molar-refractivity contribution in [3.05, 3.63) is 29.6 Å². The van der Waals surface area contributed by atoms with Crippen LogP contribution in [0.15, 0.2) is 18.2 Å². The Kier molecular flexibility index (Phi) is 2.92. The first-order valence-corrected chi connectivity index (χ1v) is 8.13. The van der Waals surface area contributed by atoms with E-state index in [1.807, 2.05) is 29.6 Å². The zero-order valence-corrected chi connectivity index (χ0v) is 12.7. The van der Waals surface area contributed by atoms with E-state index in [1.165, 1.54) is 25.7 Å². The van der Waals surface area contributed by atoms with E-state index in [-0.39, 0.29) is 0 Å². The first kappa shape index (κ1) is 12.8. The molecule has 21 heavy (non-hydrogen) atoms. The number of hydrogen-bond donors (Lipinski definition) is 1. The van der Waals surface area contributed by atoms with Crippen LogP contribution < -0.4 is 5.73 Å². The van der Waals surface area contributed by atoms with Crippen LogP contribution in [0.4, 0.5) is 5.69 Å². The average Bonchev–Trinajstić information content (AvgIpc) is 3.16. The van der Waals surface area contributed by atoms with Crippen LogP contribution in [0.5, 0.6) is 0 Å². The van der Waals surface area contributed by atoms with Crippen molar-refractivity contribution in [3.8, 4) is 10.6 Å². The summed E-state index contributed by atoms with van der Waals surface area (Å²) in [7, 11) is 0. The number of fused-ring (bicyclic) bond motifs is 1. The normalized spacial score (nSPS) is 16.0. The molecule has 108 valence electrons. The van der Waals surface area contributed by atoms with E-state index in [2.05, 4.69) is 10.2 Å². The molecule has 1 aliphatic carbocycles. The maximum absolute atomic E-state index is 6.19. The molecule has 1 saturated carbocycles. The van der Waals surface area contributed by atoms with Crippen LogP contribution in [-0.4, -0.2) is 19.8 Å². The second kappa shape index (κ2) is 4.80. The minimum Gasteiger partial charge on any atom is -0.398 e. The second-order valence-corrected chi connectivity index (χ2v) is 6.63. The summed E-state index contributed by atoms with van der Waals surface area (Å²) < 4.78 is 1.91. The minimum atomic E-state index is 0.504. The summed E-state index contributed by atoms with van der Waals surface area (Å²) in [6.45, 7) is 2.02. The summed E-state index contributed by atoms with van der Waals surface area (Å²) in [6, 6.07) is 6.05. The molecule has 1 aliphatic rings. The third-order valence-corrected chi connectivity index (χ3v) is 5.22. The smallest absolute Gasteiger partial charge is 0.234 e. The number of nitrogens with zero attached hydrogens (tertiary/aromatic N) is 4. The van der Waals surface area contributed by atoms with Gasteiger partial charge in [-0.05, 0) is 31.4 Å². The fraction of sp³-hybridized carbons (Fsp3) is 0.400. The Balaban J connectivity index is 1.82. The van der Waals surface area contributed by atoms with Gasteiger partial charge in [0.25, 0.3) is 0 Å². The lowest BCUT2D eigenvalue weighted by molar-refractivity contribution is 0.641. The van der Waals surface area contributed by atoms with Crippen molar-refractivity contribution < 1.29 is 0 Å². The van der Waals surface area contributed by atoms with Crippen LogP contribution in [0, 0.1) is 6.92 Å². The van der Waals surface area contributed by atoms with Crippen molar-refractivity contribution in [2.75, 3.05) is 5.73 Å². The van der Waals surface area contributed by atoms with Gasteiger partial charge < -0.3 is 5.73 Å². The van der Waals surface area contributed by atoms with Crippen molar-refractivity contribution in [1.29, 1.82) is 0 Å². The molecule has 1 aromatic carbocycles. The van der Waals surface area contributed by atoms with Crippen LogP contribution >= 0.6 is 11.3 Å². The molecule has 0 atom stereocenters. The van der Waals surface area contributed by atoms with Crippen LogP contribution in [0.1, 0.15) is 43.0 Å². The van der Waals surface area contributed by atoms with Gasteiger partial charge in [-0.2, -0.15) is 9.61 Å². The van der Waals surface area contributed by atoms with Crippen molar-refractivity contribution in [3.63, 3.8) is 0 Å². The van der Waals surface area contributed by atoms with E-state index in [0.29, 0.717) is 5.92 Å². The monoisotopic (exact) mass is 299 g/mol. The van der Waals surface area contributed by atoms with Crippen molar-refractivity contribution in [2.24, 2.45) is 0 Å². The quantitative estimate of drug-likeness (QED) is 0.736. The third-order valence-electron chi connectivity index (χ3n) is 4.29. The molecule has 0 radical (unpaired) electrons. The number of nitrogens with two attached hydrogens (primary N) is 1. The molecular weight excluding hydrogens is 282 g/mol. The highest BCUT2D eigenvalue weighted by atomic mass is 32.1. The van der Waals surface area contributed by atoms with Gasteiger partial charge in [-0.3, -0.25) is 0 Å². The van der Waals surface area contributed by atoms with E-state index in [1.54, 1.807) is 11.3 Å². The molecule has 0 amide bonds. The number of para-hydroxylation sites is 1. The molecule has 2 heterocycles. The van der Waals surface area contributed by atoms with Gasteiger partial charge in [-0.15, -0.1) is 10.2 Å². The largest absolute Gasteiger partial charge is 0.398 e. The van der Waals surface area contributed by atoms with Crippen molar-refractivity contribution >= 4 is 22.0 Å². The van der Waals surface area contributed by atoms with Gasteiger partial charge in [0.05, 0.1) is 0 Å². The second-order valence-electron chi connectivity index (χ2n) is 5.68. The fourth-order valence-corrected chi connectivity index (χ4v) is 3.93. The number of anilines is 1. The molecule has 0 saturated heterocycles. The summed E-state index contributed by atoms with van der Waals surface area (Å²) in [4.78, 5) is 0.854. The lowest BCUT2D eigenvalue weighted by atomic mass is 10.1. The highest BCUT2D eigenvalue weighted by Gasteiger charge is 2.24. The Labute approximate surface area is 126 Å². The molecule has 6 heteroatoms. The molecule has 3 aromatic rings. The predicted molar refractivity (Wildman–Crippen MR) is 84.5 cm³/mol. The molecule has 0 unspecified atom stereocenters. The van der Waals surface area contributed by atoms with Gasteiger partial charge >= 0.3 is 0 Å². The summed E-state index contributed by atoms with van der Waals surface area (Å²) in [6.07, 6.45) is 4.95. The van der Waals surface area contributed by atoms with Crippen LogP contribution in [-0.2, 0) is 0 Å². The van der Waals surface area contributed by atoms with E-state index in [0.717, 1.165) is 32.6 Å². The van der Waals surface area contributed by atoms with Crippen molar-refractivity contribution in [1.82, 2.24) is 19.8 Å². The lowest BCUT2D eigenvalue weighted by Gasteiger charge is -2.05. The Morgan fingerprint density at radius 3 is 2.86 bits per heavy atom. The summed E-state index contributed by atoms with van der Waals surface area (Å²) in [5.74, 6) is 1.51. The van der Waals surface area contributed by atoms with Crippen molar-refractivity contribution in [2.45, 2.75) is 38.5 Å². The molecule has 0 bridgehead atoms. The number of rotatable bonds is 2. The zero-order valence-electron chi connectivity index (χ0n) is 11.9. The molecule has 0 spiro atoms. The fourth-order valence-electron chi connectivity index (χ4n) is 3.05. The van der Waals surface area contributed by atoms with E-state index < -0.39 is 0 Å². The standard InChI is InChI=1S/C15H17N5S/c1-9-5-4-8-11(12(9)16)14-19-20-13(10-6-2-3-7-10)17-18-15(20)21-14/h4-5,8,10H,2-3,6-7,16H2,1H3. The van der Waals surface area contributed by atoms with Gasteiger partial charge in [0, 0.05) is 17.2 Å². The molecule has 5 nitrogen and oxygen atoms in total. The first-order chi connectivity index (χ1) is 10.2. The van der Waals surface area contributed by atoms with Gasteiger partial charge in [0.15, 0.2) is 5.82 Å². The highest BCUT2D eigenvalue weighted by molar-refractivity contribution is 7.19. The lowest BCUT2D eigenvalue weighted by Crippen LogP contribution is -2.01. The number of hydrogen-bond acceptors (Lipinski definition) is 5.